The minimum Gasteiger partial charge on any atom is -0.348 e. The molecule has 0 aliphatic carbocycles. The van der Waals surface area contributed by atoms with E-state index in [1.165, 1.54) is 12.1 Å². The van der Waals surface area contributed by atoms with Crippen LogP contribution in [-0.4, -0.2) is 27.8 Å². The minimum absolute atomic E-state index is 0.109. The molecule has 1 heterocycles. The van der Waals surface area contributed by atoms with Crippen molar-refractivity contribution in [2.45, 2.75) is 46.3 Å². The molecule has 0 saturated heterocycles. The minimum atomic E-state index is -0.698. The van der Waals surface area contributed by atoms with Crippen LogP contribution in [0.15, 0.2) is 60.8 Å². The van der Waals surface area contributed by atoms with Crippen LogP contribution in [0, 0.1) is 18.7 Å². The maximum absolute atomic E-state index is 13.2. The summed E-state index contributed by atoms with van der Waals surface area (Å²) in [5, 5.41) is 12.9. The van der Waals surface area contributed by atoms with Crippen LogP contribution in [0.1, 0.15) is 43.6 Å². The first-order valence-electron chi connectivity index (χ1n) is 11.0. The highest BCUT2D eigenvalue weighted by Crippen LogP contribution is 2.21. The average molecular weight is 452 g/mol. The van der Waals surface area contributed by atoms with Gasteiger partial charge in [-0.25, -0.2) is 13.9 Å². The van der Waals surface area contributed by atoms with Crippen molar-refractivity contribution in [2.24, 2.45) is 5.92 Å². The Balaban J connectivity index is 1.63. The van der Waals surface area contributed by atoms with Crippen molar-refractivity contribution in [2.75, 3.05) is 0 Å². The van der Waals surface area contributed by atoms with Crippen molar-refractivity contribution >= 4 is 11.9 Å². The molecule has 0 aliphatic heterocycles. The van der Waals surface area contributed by atoms with E-state index in [1.807, 2.05) is 58.0 Å². The van der Waals surface area contributed by atoms with E-state index in [-0.39, 0.29) is 23.7 Å². The van der Waals surface area contributed by atoms with Gasteiger partial charge in [0.05, 0.1) is 17.9 Å². The normalized spacial score (nSPS) is 12.8. The van der Waals surface area contributed by atoms with Gasteiger partial charge in [0.25, 0.3) is 0 Å². The average Bonchev–Trinajstić information content (AvgIpc) is 3.18. The Morgan fingerprint density at radius 2 is 1.67 bits per heavy atom. The molecule has 2 unspecified atom stereocenters. The van der Waals surface area contributed by atoms with E-state index in [4.69, 9.17) is 0 Å². The smallest absolute Gasteiger partial charge is 0.315 e. The van der Waals surface area contributed by atoms with Crippen LogP contribution in [0.3, 0.4) is 0 Å². The van der Waals surface area contributed by atoms with E-state index in [1.54, 1.807) is 23.0 Å². The predicted octanol–water partition coefficient (Wildman–Crippen LogP) is 4.02. The highest BCUT2D eigenvalue weighted by molar-refractivity contribution is 5.87. The molecule has 0 bridgehead atoms. The molecule has 3 aromatic rings. The molecular weight excluding hydrogens is 421 g/mol. The van der Waals surface area contributed by atoms with Gasteiger partial charge in [-0.1, -0.05) is 44.2 Å². The quantitative estimate of drug-likeness (QED) is 0.483. The fraction of sp³-hybridized carbons (Fsp3) is 0.320. The molecule has 33 heavy (non-hydrogen) atoms. The molecule has 2 aromatic carbocycles. The lowest BCUT2D eigenvalue weighted by molar-refractivity contribution is -0.124. The van der Waals surface area contributed by atoms with Gasteiger partial charge >= 0.3 is 6.03 Å². The first kappa shape index (κ1) is 24.0. The summed E-state index contributed by atoms with van der Waals surface area (Å²) in [5.74, 6) is -0.701. The summed E-state index contributed by atoms with van der Waals surface area (Å²) in [6.45, 7) is 7.89. The van der Waals surface area contributed by atoms with E-state index in [9.17, 15) is 14.0 Å². The van der Waals surface area contributed by atoms with Gasteiger partial charge in [-0.3, -0.25) is 4.79 Å². The second kappa shape index (κ2) is 10.8. The molecular formula is C25H30FN5O2. The zero-order valence-electron chi connectivity index (χ0n) is 19.3. The van der Waals surface area contributed by atoms with E-state index in [0.29, 0.717) is 6.54 Å². The molecule has 0 aliphatic rings. The number of hydrogen-bond acceptors (Lipinski definition) is 3. The number of aromatic nitrogens is 2. The van der Waals surface area contributed by atoms with Gasteiger partial charge in [0.2, 0.25) is 5.91 Å². The molecule has 1 aromatic heterocycles. The van der Waals surface area contributed by atoms with Gasteiger partial charge < -0.3 is 16.0 Å². The van der Waals surface area contributed by atoms with Crippen molar-refractivity contribution in [1.29, 1.82) is 0 Å². The molecule has 0 radical (unpaired) electrons. The van der Waals surface area contributed by atoms with E-state index in [0.717, 1.165) is 22.5 Å². The van der Waals surface area contributed by atoms with Crippen LogP contribution in [-0.2, 0) is 11.3 Å². The van der Waals surface area contributed by atoms with Gasteiger partial charge in [-0.15, -0.1) is 0 Å². The molecule has 3 amide bonds. The first-order chi connectivity index (χ1) is 15.8. The van der Waals surface area contributed by atoms with Crippen molar-refractivity contribution in [3.05, 3.63) is 83.4 Å². The Kier molecular flexibility index (Phi) is 7.82. The highest BCUT2D eigenvalue weighted by Gasteiger charge is 2.26. The monoisotopic (exact) mass is 451 g/mol. The van der Waals surface area contributed by atoms with Crippen molar-refractivity contribution in [3.8, 4) is 5.69 Å². The molecule has 0 saturated carbocycles. The van der Waals surface area contributed by atoms with Gasteiger partial charge in [-0.05, 0) is 49.6 Å². The van der Waals surface area contributed by atoms with Crippen molar-refractivity contribution < 1.29 is 14.0 Å². The standard InChI is InChI=1S/C25H30FN5O2/c1-16(2)23(30-25(33)27-14-19-8-6-5-7-9-19)24(32)29-17(3)22-15-28-31(18(22)4)21-12-10-20(26)11-13-21/h5-13,15-17,23H,14H2,1-4H3,(H,29,32)(H2,27,30,33). The van der Waals surface area contributed by atoms with Gasteiger partial charge in [0.15, 0.2) is 0 Å². The lowest BCUT2D eigenvalue weighted by Crippen LogP contribution is -2.52. The molecule has 3 N–H and O–H groups in total. The Morgan fingerprint density at radius 1 is 1.00 bits per heavy atom. The van der Waals surface area contributed by atoms with E-state index in [2.05, 4.69) is 21.0 Å². The summed E-state index contributed by atoms with van der Waals surface area (Å²) < 4.78 is 14.9. The third-order valence-electron chi connectivity index (χ3n) is 5.48. The van der Waals surface area contributed by atoms with Crippen molar-refractivity contribution in [3.63, 3.8) is 0 Å². The largest absolute Gasteiger partial charge is 0.348 e. The van der Waals surface area contributed by atoms with Crippen LogP contribution in [0.2, 0.25) is 0 Å². The number of rotatable bonds is 8. The number of urea groups is 1. The molecule has 3 rings (SSSR count). The number of nitrogens with zero attached hydrogens (tertiary/aromatic N) is 2. The molecule has 0 fully saturated rings. The zero-order valence-corrected chi connectivity index (χ0v) is 19.3. The molecule has 8 heteroatoms. The first-order valence-corrected chi connectivity index (χ1v) is 11.0. The van der Waals surface area contributed by atoms with Crippen molar-refractivity contribution in [1.82, 2.24) is 25.7 Å². The van der Waals surface area contributed by atoms with Crippen LogP contribution >= 0.6 is 0 Å². The van der Waals surface area contributed by atoms with Gasteiger partial charge in [0, 0.05) is 17.8 Å². The lowest BCUT2D eigenvalue weighted by atomic mass is 10.0. The summed E-state index contributed by atoms with van der Waals surface area (Å²) in [4.78, 5) is 25.4. The molecule has 0 spiro atoms. The number of carbonyl (C=O) groups is 2. The number of carbonyl (C=O) groups excluding carboxylic acids is 2. The fourth-order valence-electron chi connectivity index (χ4n) is 3.58. The van der Waals surface area contributed by atoms with Crippen LogP contribution in [0.4, 0.5) is 9.18 Å². The maximum Gasteiger partial charge on any atom is 0.315 e. The second-order valence-electron chi connectivity index (χ2n) is 8.34. The number of nitrogens with one attached hydrogen (secondary N) is 3. The van der Waals surface area contributed by atoms with Crippen LogP contribution in [0.5, 0.6) is 0 Å². The van der Waals surface area contributed by atoms with Gasteiger partial charge in [0.1, 0.15) is 11.9 Å². The van der Waals surface area contributed by atoms with E-state index < -0.39 is 12.1 Å². The third-order valence-corrected chi connectivity index (χ3v) is 5.48. The summed E-state index contributed by atoms with van der Waals surface area (Å²) in [7, 11) is 0. The third kappa shape index (κ3) is 6.19. The lowest BCUT2D eigenvalue weighted by Gasteiger charge is -2.24. The van der Waals surface area contributed by atoms with E-state index >= 15 is 0 Å². The van der Waals surface area contributed by atoms with Crippen LogP contribution in [0.25, 0.3) is 5.69 Å². The number of hydrogen-bond donors (Lipinski definition) is 3. The number of amides is 3. The van der Waals surface area contributed by atoms with Crippen LogP contribution < -0.4 is 16.0 Å². The summed E-state index contributed by atoms with van der Waals surface area (Å²) in [6, 6.07) is 14.2. The summed E-state index contributed by atoms with van der Waals surface area (Å²) in [6.07, 6.45) is 1.69. The highest BCUT2D eigenvalue weighted by atomic mass is 19.1. The van der Waals surface area contributed by atoms with Gasteiger partial charge in [-0.2, -0.15) is 5.10 Å². The Morgan fingerprint density at radius 3 is 2.30 bits per heavy atom. The summed E-state index contributed by atoms with van der Waals surface area (Å²) in [5.41, 5.74) is 3.38. The second-order valence-corrected chi connectivity index (χ2v) is 8.34. The summed E-state index contributed by atoms with van der Waals surface area (Å²) >= 11 is 0. The molecule has 2 atom stereocenters. The Hall–Kier alpha value is -3.68. The zero-order chi connectivity index (χ0) is 24.0. The molecule has 174 valence electrons. The predicted molar refractivity (Wildman–Crippen MR) is 125 cm³/mol. The fourth-order valence-corrected chi connectivity index (χ4v) is 3.58. The Labute approximate surface area is 193 Å². The SMILES string of the molecule is Cc1c(C(C)NC(=O)C(NC(=O)NCc2ccccc2)C(C)C)cnn1-c1ccc(F)cc1. The topological polar surface area (TPSA) is 88.1 Å². The molecule has 7 nitrogen and oxygen atoms in total. The maximum atomic E-state index is 13.2. The Bertz CT molecular complexity index is 1080. The number of benzene rings is 2. The number of halogens is 1.